The van der Waals surface area contributed by atoms with E-state index in [-0.39, 0.29) is 12.3 Å². The number of hydrogen-bond donors (Lipinski definition) is 1. The van der Waals surface area contributed by atoms with Crippen molar-refractivity contribution in [1.29, 1.82) is 0 Å². The van der Waals surface area contributed by atoms with Gasteiger partial charge in [0.2, 0.25) is 0 Å². The van der Waals surface area contributed by atoms with Gasteiger partial charge in [-0.3, -0.25) is 10.1 Å². The molecule has 0 aliphatic carbocycles. The highest BCUT2D eigenvalue weighted by molar-refractivity contribution is 9.10. The first-order valence-electron chi connectivity index (χ1n) is 5.27. The van der Waals surface area contributed by atoms with Crippen molar-refractivity contribution < 1.29 is 10.0 Å². The van der Waals surface area contributed by atoms with Crippen LogP contribution in [0.15, 0.2) is 50.9 Å². The summed E-state index contributed by atoms with van der Waals surface area (Å²) in [6, 6.07) is 8.80. The standard InChI is InChI=1S/C12H9BrN2O3S/c13-11-5-9(15(17)18)6-14-12(11)19-10-3-1-8(7-16)2-4-10/h1-6,16H,7H2. The number of halogens is 1. The fourth-order valence-electron chi connectivity index (χ4n) is 1.36. The number of nitrogens with zero attached hydrogens (tertiary/aromatic N) is 2. The van der Waals surface area contributed by atoms with Crippen molar-refractivity contribution in [1.82, 2.24) is 4.98 Å². The number of nitro groups is 1. The molecule has 2 rings (SSSR count). The first-order valence-corrected chi connectivity index (χ1v) is 6.88. The van der Waals surface area contributed by atoms with Crippen LogP contribution in [0.5, 0.6) is 0 Å². The number of benzene rings is 1. The predicted octanol–water partition coefficient (Wildman–Crippen LogP) is 3.40. The molecule has 2 aromatic rings. The predicted molar refractivity (Wildman–Crippen MR) is 75.1 cm³/mol. The lowest BCUT2D eigenvalue weighted by molar-refractivity contribution is -0.385. The molecule has 0 amide bonds. The Balaban J connectivity index is 2.20. The summed E-state index contributed by atoms with van der Waals surface area (Å²) in [5, 5.41) is 20.2. The lowest BCUT2D eigenvalue weighted by Gasteiger charge is -2.04. The van der Waals surface area contributed by atoms with Gasteiger partial charge in [-0.2, -0.15) is 0 Å². The molecular formula is C12H9BrN2O3S. The van der Waals surface area contributed by atoms with E-state index in [9.17, 15) is 10.1 Å². The number of aromatic nitrogens is 1. The molecule has 0 bridgehead atoms. The van der Waals surface area contributed by atoms with Gasteiger partial charge in [-0.1, -0.05) is 23.9 Å². The smallest absolute Gasteiger partial charge is 0.288 e. The van der Waals surface area contributed by atoms with Gasteiger partial charge >= 0.3 is 0 Å². The molecule has 98 valence electrons. The maximum absolute atomic E-state index is 10.6. The SMILES string of the molecule is O=[N+]([O-])c1cnc(Sc2ccc(CO)cc2)c(Br)c1. The Morgan fingerprint density at radius 3 is 2.58 bits per heavy atom. The summed E-state index contributed by atoms with van der Waals surface area (Å²) < 4.78 is 0.581. The quantitative estimate of drug-likeness (QED) is 0.681. The van der Waals surface area contributed by atoms with Crippen LogP contribution < -0.4 is 0 Å². The summed E-state index contributed by atoms with van der Waals surface area (Å²) in [5.74, 6) is 0. The van der Waals surface area contributed by atoms with E-state index in [0.29, 0.717) is 9.50 Å². The van der Waals surface area contributed by atoms with E-state index in [1.807, 2.05) is 24.3 Å². The van der Waals surface area contributed by atoms with E-state index in [1.54, 1.807) is 0 Å². The Labute approximate surface area is 122 Å². The Hall–Kier alpha value is -1.44. The molecule has 0 saturated carbocycles. The fraction of sp³-hybridized carbons (Fsp3) is 0.0833. The van der Waals surface area contributed by atoms with Crippen LogP contribution in [0.25, 0.3) is 0 Å². The van der Waals surface area contributed by atoms with Gasteiger partial charge in [-0.25, -0.2) is 4.98 Å². The summed E-state index contributed by atoms with van der Waals surface area (Å²) in [5.41, 5.74) is 0.784. The van der Waals surface area contributed by atoms with Crippen LogP contribution in [-0.4, -0.2) is 15.0 Å². The van der Waals surface area contributed by atoms with Gasteiger partial charge in [0.05, 0.1) is 16.0 Å². The molecule has 0 unspecified atom stereocenters. The van der Waals surface area contributed by atoms with Crippen molar-refractivity contribution in [3.05, 3.63) is 56.7 Å². The lowest BCUT2D eigenvalue weighted by Crippen LogP contribution is -1.91. The molecule has 0 fully saturated rings. The second kappa shape index (κ2) is 6.14. The zero-order valence-electron chi connectivity index (χ0n) is 9.62. The monoisotopic (exact) mass is 340 g/mol. The van der Waals surface area contributed by atoms with Crippen molar-refractivity contribution >= 4 is 33.4 Å². The van der Waals surface area contributed by atoms with Crippen LogP contribution in [0, 0.1) is 10.1 Å². The Morgan fingerprint density at radius 2 is 2.05 bits per heavy atom. The number of rotatable bonds is 4. The highest BCUT2D eigenvalue weighted by atomic mass is 79.9. The molecule has 0 atom stereocenters. The molecule has 7 heteroatoms. The highest BCUT2D eigenvalue weighted by Crippen LogP contribution is 2.33. The van der Waals surface area contributed by atoms with Crippen LogP contribution in [0.1, 0.15) is 5.56 Å². The van der Waals surface area contributed by atoms with Crippen molar-refractivity contribution in [2.24, 2.45) is 0 Å². The van der Waals surface area contributed by atoms with Gasteiger partial charge in [0.15, 0.2) is 0 Å². The van der Waals surface area contributed by atoms with E-state index in [4.69, 9.17) is 5.11 Å². The van der Waals surface area contributed by atoms with Gasteiger partial charge in [-0.05, 0) is 33.6 Å². The Morgan fingerprint density at radius 1 is 1.37 bits per heavy atom. The Bertz CT molecular complexity index is 604. The normalized spacial score (nSPS) is 10.4. The lowest BCUT2D eigenvalue weighted by atomic mass is 10.2. The second-order valence-corrected chi connectivity index (χ2v) is 5.56. The summed E-state index contributed by atoms with van der Waals surface area (Å²) >= 11 is 4.66. The van der Waals surface area contributed by atoms with E-state index in [2.05, 4.69) is 20.9 Å². The maximum Gasteiger partial charge on any atom is 0.288 e. The van der Waals surface area contributed by atoms with Crippen LogP contribution in [0.3, 0.4) is 0 Å². The van der Waals surface area contributed by atoms with Crippen molar-refractivity contribution in [3.63, 3.8) is 0 Å². The molecule has 1 aromatic heterocycles. The third-order valence-corrected chi connectivity index (χ3v) is 4.22. The molecule has 0 spiro atoms. The highest BCUT2D eigenvalue weighted by Gasteiger charge is 2.11. The van der Waals surface area contributed by atoms with Gasteiger partial charge in [0, 0.05) is 11.0 Å². The number of aliphatic hydroxyl groups is 1. The fourth-order valence-corrected chi connectivity index (χ4v) is 2.70. The minimum atomic E-state index is -0.484. The summed E-state index contributed by atoms with van der Waals surface area (Å²) in [4.78, 5) is 15.1. The second-order valence-electron chi connectivity index (χ2n) is 3.64. The summed E-state index contributed by atoms with van der Waals surface area (Å²) in [7, 11) is 0. The maximum atomic E-state index is 10.6. The minimum Gasteiger partial charge on any atom is -0.392 e. The molecule has 0 aliphatic rings. The van der Waals surface area contributed by atoms with Crippen LogP contribution in [0.2, 0.25) is 0 Å². The molecule has 0 saturated heterocycles. The molecule has 19 heavy (non-hydrogen) atoms. The molecule has 0 aliphatic heterocycles. The Kier molecular flexibility index (Phi) is 4.52. The number of aliphatic hydroxyl groups excluding tert-OH is 1. The van der Waals surface area contributed by atoms with Crippen molar-refractivity contribution in [2.75, 3.05) is 0 Å². The first kappa shape index (κ1) is 14.0. The molecule has 1 aromatic carbocycles. The third-order valence-electron chi connectivity index (χ3n) is 2.32. The van der Waals surface area contributed by atoms with Crippen molar-refractivity contribution in [3.8, 4) is 0 Å². The zero-order chi connectivity index (χ0) is 13.8. The number of hydrogen-bond acceptors (Lipinski definition) is 5. The minimum absolute atomic E-state index is 0.00439. The molecule has 5 nitrogen and oxygen atoms in total. The van der Waals surface area contributed by atoms with E-state index in [1.165, 1.54) is 24.0 Å². The topological polar surface area (TPSA) is 76.3 Å². The third kappa shape index (κ3) is 3.52. The van der Waals surface area contributed by atoms with Gasteiger partial charge in [-0.15, -0.1) is 0 Å². The average Bonchev–Trinajstić information content (AvgIpc) is 2.41. The van der Waals surface area contributed by atoms with Gasteiger partial charge in [0.1, 0.15) is 11.2 Å². The zero-order valence-corrected chi connectivity index (χ0v) is 12.0. The molecule has 0 radical (unpaired) electrons. The van der Waals surface area contributed by atoms with E-state index in [0.717, 1.165) is 10.5 Å². The van der Waals surface area contributed by atoms with Crippen LogP contribution >= 0.6 is 27.7 Å². The average molecular weight is 341 g/mol. The van der Waals surface area contributed by atoms with Crippen molar-refractivity contribution in [2.45, 2.75) is 16.5 Å². The van der Waals surface area contributed by atoms with Crippen LogP contribution in [-0.2, 0) is 6.61 Å². The molecule has 1 heterocycles. The number of pyridine rings is 1. The van der Waals surface area contributed by atoms with Gasteiger partial charge in [0.25, 0.3) is 5.69 Å². The molecule has 1 N–H and O–H groups in total. The van der Waals surface area contributed by atoms with Gasteiger partial charge < -0.3 is 5.11 Å². The summed E-state index contributed by atoms with van der Waals surface area (Å²) in [6.45, 7) is 0.00439. The van der Waals surface area contributed by atoms with Crippen LogP contribution in [0.4, 0.5) is 5.69 Å². The first-order chi connectivity index (χ1) is 9.10. The van der Waals surface area contributed by atoms with E-state index >= 15 is 0 Å². The largest absolute Gasteiger partial charge is 0.392 e. The summed E-state index contributed by atoms with van der Waals surface area (Å²) in [6.07, 6.45) is 1.23. The molecular weight excluding hydrogens is 332 g/mol. The van der Waals surface area contributed by atoms with E-state index < -0.39 is 4.92 Å².